The van der Waals surface area contributed by atoms with Crippen LogP contribution in [-0.4, -0.2) is 18.6 Å². The van der Waals surface area contributed by atoms with E-state index < -0.39 is 18.6 Å². The largest absolute Gasteiger partial charge is 0.435 e. The highest BCUT2D eigenvalue weighted by atomic mass is 19.3. The van der Waals surface area contributed by atoms with Crippen molar-refractivity contribution in [2.75, 3.05) is 0 Å². The molecule has 0 radical (unpaired) electrons. The average molecular weight is 268 g/mol. The SMILES string of the molecule is CC(C)C(C#N)NC(=O)c1ccc(OC(F)F)cc1. The van der Waals surface area contributed by atoms with Crippen LogP contribution in [0.2, 0.25) is 0 Å². The van der Waals surface area contributed by atoms with Crippen LogP contribution in [0.3, 0.4) is 0 Å². The zero-order valence-electron chi connectivity index (χ0n) is 10.6. The minimum absolute atomic E-state index is 0.0182. The van der Waals surface area contributed by atoms with Crippen LogP contribution in [0.5, 0.6) is 5.75 Å². The van der Waals surface area contributed by atoms with E-state index in [0.717, 1.165) is 0 Å². The molecule has 0 heterocycles. The number of carbonyl (C=O) groups excluding carboxylic acids is 1. The van der Waals surface area contributed by atoms with E-state index >= 15 is 0 Å². The number of hydrogen-bond donors (Lipinski definition) is 1. The van der Waals surface area contributed by atoms with Gasteiger partial charge in [0.25, 0.3) is 5.91 Å². The Bertz CT molecular complexity index is 467. The van der Waals surface area contributed by atoms with Gasteiger partial charge in [0.15, 0.2) is 0 Å². The maximum absolute atomic E-state index is 11.9. The van der Waals surface area contributed by atoms with Crippen LogP contribution in [0.1, 0.15) is 24.2 Å². The summed E-state index contributed by atoms with van der Waals surface area (Å²) in [5.74, 6) is -0.466. The summed E-state index contributed by atoms with van der Waals surface area (Å²) < 4.78 is 28.1. The lowest BCUT2D eigenvalue weighted by Crippen LogP contribution is -2.37. The summed E-state index contributed by atoms with van der Waals surface area (Å²) in [7, 11) is 0. The third kappa shape index (κ3) is 4.54. The number of halogens is 2. The third-order valence-electron chi connectivity index (χ3n) is 2.43. The van der Waals surface area contributed by atoms with E-state index in [1.54, 1.807) is 0 Å². The fourth-order valence-corrected chi connectivity index (χ4v) is 1.36. The van der Waals surface area contributed by atoms with Crippen LogP contribution in [-0.2, 0) is 0 Å². The van der Waals surface area contributed by atoms with Crippen LogP contribution >= 0.6 is 0 Å². The van der Waals surface area contributed by atoms with Crippen LogP contribution in [0, 0.1) is 17.2 Å². The van der Waals surface area contributed by atoms with E-state index in [9.17, 15) is 13.6 Å². The molecular weight excluding hydrogens is 254 g/mol. The molecule has 1 N–H and O–H groups in total. The molecule has 0 aromatic heterocycles. The first kappa shape index (κ1) is 14.9. The standard InChI is InChI=1S/C13H14F2N2O2/c1-8(2)11(7-16)17-12(18)9-3-5-10(6-4-9)19-13(14)15/h3-6,8,11,13H,1-2H3,(H,17,18). The van der Waals surface area contributed by atoms with Gasteiger partial charge < -0.3 is 10.1 Å². The smallest absolute Gasteiger partial charge is 0.387 e. The number of carbonyl (C=O) groups is 1. The van der Waals surface area contributed by atoms with Gasteiger partial charge in [0, 0.05) is 5.56 Å². The van der Waals surface area contributed by atoms with Crippen LogP contribution in [0.25, 0.3) is 0 Å². The zero-order valence-corrected chi connectivity index (χ0v) is 10.6. The molecule has 0 fully saturated rings. The molecule has 1 aromatic rings. The Morgan fingerprint density at radius 1 is 1.32 bits per heavy atom. The lowest BCUT2D eigenvalue weighted by atomic mass is 10.1. The Labute approximate surface area is 110 Å². The number of nitrogens with zero attached hydrogens (tertiary/aromatic N) is 1. The maximum atomic E-state index is 11.9. The molecule has 0 aliphatic rings. The molecular formula is C13H14F2N2O2. The van der Waals surface area contributed by atoms with Gasteiger partial charge in [-0.1, -0.05) is 13.8 Å². The number of nitriles is 1. The van der Waals surface area contributed by atoms with Gasteiger partial charge in [-0.2, -0.15) is 14.0 Å². The summed E-state index contributed by atoms with van der Waals surface area (Å²) in [6.45, 7) is 0.727. The molecule has 1 amide bonds. The predicted octanol–water partition coefficient (Wildman–Crippen LogP) is 2.57. The van der Waals surface area contributed by atoms with Gasteiger partial charge in [0.05, 0.1) is 6.07 Å². The minimum Gasteiger partial charge on any atom is -0.435 e. The zero-order chi connectivity index (χ0) is 14.4. The number of amides is 1. The Hall–Kier alpha value is -2.16. The molecule has 0 saturated carbocycles. The second-order valence-corrected chi connectivity index (χ2v) is 4.23. The van der Waals surface area contributed by atoms with Crippen molar-refractivity contribution in [3.8, 4) is 11.8 Å². The quantitative estimate of drug-likeness (QED) is 0.892. The lowest BCUT2D eigenvalue weighted by molar-refractivity contribution is -0.0498. The minimum atomic E-state index is -2.90. The number of hydrogen-bond acceptors (Lipinski definition) is 3. The highest BCUT2D eigenvalue weighted by molar-refractivity contribution is 5.94. The molecule has 0 bridgehead atoms. The van der Waals surface area contributed by atoms with E-state index in [2.05, 4.69) is 10.1 Å². The van der Waals surface area contributed by atoms with E-state index in [1.165, 1.54) is 24.3 Å². The van der Waals surface area contributed by atoms with Gasteiger partial charge in [0.2, 0.25) is 0 Å². The second kappa shape index (κ2) is 6.69. The normalized spacial score (nSPS) is 12.1. The van der Waals surface area contributed by atoms with E-state index in [4.69, 9.17) is 5.26 Å². The monoisotopic (exact) mass is 268 g/mol. The molecule has 4 nitrogen and oxygen atoms in total. The number of ether oxygens (including phenoxy) is 1. The molecule has 0 aliphatic heterocycles. The summed E-state index contributed by atoms with van der Waals surface area (Å²) in [4.78, 5) is 11.8. The van der Waals surface area contributed by atoms with Gasteiger partial charge >= 0.3 is 6.61 Å². The first-order valence-electron chi connectivity index (χ1n) is 5.69. The second-order valence-electron chi connectivity index (χ2n) is 4.23. The molecule has 1 unspecified atom stereocenters. The molecule has 0 saturated heterocycles. The molecule has 1 rings (SSSR count). The number of alkyl halides is 2. The first-order valence-corrected chi connectivity index (χ1v) is 5.69. The topological polar surface area (TPSA) is 62.1 Å². The Balaban J connectivity index is 2.70. The third-order valence-corrected chi connectivity index (χ3v) is 2.43. The Morgan fingerprint density at radius 2 is 1.89 bits per heavy atom. The molecule has 1 aromatic carbocycles. The van der Waals surface area contributed by atoms with Gasteiger partial charge in [0.1, 0.15) is 11.8 Å². The van der Waals surface area contributed by atoms with Gasteiger partial charge in [-0.25, -0.2) is 0 Å². The van der Waals surface area contributed by atoms with Crippen molar-refractivity contribution in [2.24, 2.45) is 5.92 Å². The molecule has 1 atom stereocenters. The number of benzene rings is 1. The van der Waals surface area contributed by atoms with Crippen LogP contribution in [0.4, 0.5) is 8.78 Å². The van der Waals surface area contributed by atoms with Gasteiger partial charge in [-0.15, -0.1) is 0 Å². The number of rotatable bonds is 5. The van der Waals surface area contributed by atoms with Crippen molar-refractivity contribution < 1.29 is 18.3 Å². The van der Waals surface area contributed by atoms with Crippen LogP contribution in [0.15, 0.2) is 24.3 Å². The summed E-state index contributed by atoms with van der Waals surface area (Å²) >= 11 is 0. The highest BCUT2D eigenvalue weighted by Crippen LogP contribution is 2.15. The van der Waals surface area contributed by atoms with Crippen molar-refractivity contribution in [1.29, 1.82) is 5.26 Å². The molecule has 6 heteroatoms. The lowest BCUT2D eigenvalue weighted by Gasteiger charge is -2.15. The van der Waals surface area contributed by atoms with Gasteiger partial charge in [-0.3, -0.25) is 4.79 Å². The first-order chi connectivity index (χ1) is 8.93. The van der Waals surface area contributed by atoms with Crippen molar-refractivity contribution in [3.05, 3.63) is 29.8 Å². The molecule has 19 heavy (non-hydrogen) atoms. The summed E-state index contributed by atoms with van der Waals surface area (Å²) in [6, 6.07) is 6.67. The predicted molar refractivity (Wildman–Crippen MR) is 64.8 cm³/mol. The average Bonchev–Trinajstić information content (AvgIpc) is 2.35. The fourth-order valence-electron chi connectivity index (χ4n) is 1.36. The molecule has 0 spiro atoms. The van der Waals surface area contributed by atoms with E-state index in [1.807, 2.05) is 19.9 Å². The van der Waals surface area contributed by atoms with Crippen LogP contribution < -0.4 is 10.1 Å². The van der Waals surface area contributed by atoms with Crippen molar-refractivity contribution in [1.82, 2.24) is 5.32 Å². The van der Waals surface area contributed by atoms with Crippen molar-refractivity contribution in [2.45, 2.75) is 26.5 Å². The van der Waals surface area contributed by atoms with E-state index in [-0.39, 0.29) is 17.2 Å². The molecule has 102 valence electrons. The number of nitrogens with one attached hydrogen (secondary N) is 1. The van der Waals surface area contributed by atoms with E-state index in [0.29, 0.717) is 0 Å². The molecule has 0 aliphatic carbocycles. The summed E-state index contributed by atoms with van der Waals surface area (Å²) in [6.07, 6.45) is 0. The van der Waals surface area contributed by atoms with Crippen molar-refractivity contribution in [3.63, 3.8) is 0 Å². The maximum Gasteiger partial charge on any atom is 0.387 e. The Morgan fingerprint density at radius 3 is 2.32 bits per heavy atom. The highest BCUT2D eigenvalue weighted by Gasteiger charge is 2.16. The van der Waals surface area contributed by atoms with Crippen molar-refractivity contribution >= 4 is 5.91 Å². The Kier molecular flexibility index (Phi) is 5.24. The summed E-state index contributed by atoms with van der Waals surface area (Å²) in [5.41, 5.74) is 0.280. The summed E-state index contributed by atoms with van der Waals surface area (Å²) in [5, 5.41) is 11.4. The fraction of sp³-hybridized carbons (Fsp3) is 0.385. The van der Waals surface area contributed by atoms with Gasteiger partial charge in [-0.05, 0) is 30.2 Å².